The number of thiophene rings is 4. The molecular formula is C61H48N6O12S4. The number of pyridine rings is 6. The van der Waals surface area contributed by atoms with Gasteiger partial charge in [0.25, 0.3) is 25.9 Å². The summed E-state index contributed by atoms with van der Waals surface area (Å²) in [6, 6.07) is 28.8. The van der Waals surface area contributed by atoms with E-state index in [4.69, 9.17) is 47.9 Å². The minimum Gasteiger partial charge on any atom is -0.485 e. The Morgan fingerprint density at radius 1 is 0.422 bits per heavy atom. The zero-order chi connectivity index (χ0) is 57.1. The minimum absolute atomic E-state index is 0.265. The molecule has 0 unspecified atom stereocenters. The van der Waals surface area contributed by atoms with E-state index in [1.54, 1.807) is 106 Å². The molecule has 0 bridgehead atoms. The molecule has 2 aliphatic rings. The summed E-state index contributed by atoms with van der Waals surface area (Å²) >= 11 is 6.76. The van der Waals surface area contributed by atoms with E-state index in [1.807, 2.05) is 24.3 Å². The van der Waals surface area contributed by atoms with Gasteiger partial charge in [-0.05, 0) is 91.6 Å². The predicted molar refractivity (Wildman–Crippen MR) is 316 cm³/mol. The number of carbonyl (C=O) groups excluding carboxylic acids is 4. The van der Waals surface area contributed by atoms with Gasteiger partial charge in [0.1, 0.15) is 49.4 Å². The van der Waals surface area contributed by atoms with Crippen molar-refractivity contribution in [3.63, 3.8) is 0 Å². The van der Waals surface area contributed by atoms with Gasteiger partial charge in [-0.3, -0.25) is 39.1 Å². The highest BCUT2D eigenvalue weighted by molar-refractivity contribution is 7.25. The van der Waals surface area contributed by atoms with Gasteiger partial charge in [-0.1, -0.05) is 26.2 Å². The van der Waals surface area contributed by atoms with Gasteiger partial charge in [0.05, 0.1) is 65.1 Å². The first-order valence-corrected chi connectivity index (χ1v) is 29.4. The first kappa shape index (κ1) is 55.7. The lowest BCUT2D eigenvalue weighted by atomic mass is 10.1. The number of hydrogen-bond acceptors (Lipinski definition) is 22. The molecule has 12 heterocycles. The van der Waals surface area contributed by atoms with E-state index in [0.29, 0.717) is 115 Å². The minimum atomic E-state index is 0.265. The van der Waals surface area contributed by atoms with E-state index < -0.39 is 0 Å². The van der Waals surface area contributed by atoms with Gasteiger partial charge in [0, 0.05) is 80.7 Å². The Morgan fingerprint density at radius 3 is 1.40 bits per heavy atom. The lowest BCUT2D eigenvalue weighted by molar-refractivity contribution is -0.121. The van der Waals surface area contributed by atoms with Crippen LogP contribution in [0.2, 0.25) is 0 Å². The van der Waals surface area contributed by atoms with E-state index >= 15 is 0 Å². The average molecular weight is 1190 g/mol. The van der Waals surface area contributed by atoms with Crippen LogP contribution in [0.1, 0.15) is 42.4 Å². The van der Waals surface area contributed by atoms with E-state index in [9.17, 15) is 19.2 Å². The van der Waals surface area contributed by atoms with E-state index in [2.05, 4.69) is 58.0 Å². The Balaban J connectivity index is 0.000000175. The monoisotopic (exact) mass is 1180 g/mol. The van der Waals surface area contributed by atoms with Crippen LogP contribution < -0.4 is 37.9 Å². The zero-order valence-electron chi connectivity index (χ0n) is 44.4. The molecule has 0 aromatic carbocycles. The summed E-state index contributed by atoms with van der Waals surface area (Å²) in [5, 5.41) is 0. The van der Waals surface area contributed by atoms with Crippen LogP contribution >= 0.6 is 45.3 Å². The third kappa shape index (κ3) is 12.8. The molecule has 0 N–H and O–H groups in total. The molecular weight excluding hydrogens is 1140 g/mol. The summed E-state index contributed by atoms with van der Waals surface area (Å²) in [7, 11) is 0. The van der Waals surface area contributed by atoms with Crippen molar-refractivity contribution in [2.75, 3.05) is 26.4 Å². The second-order valence-electron chi connectivity index (χ2n) is 18.3. The fourth-order valence-electron chi connectivity index (χ4n) is 9.10. The first-order valence-electron chi connectivity index (χ1n) is 26.1. The molecule has 0 atom stereocenters. The van der Waals surface area contributed by atoms with Crippen LogP contribution in [0.5, 0.6) is 46.0 Å². The van der Waals surface area contributed by atoms with Gasteiger partial charge in [-0.2, -0.15) is 0 Å². The summed E-state index contributed by atoms with van der Waals surface area (Å²) in [6.07, 6.45) is 12.2. The van der Waals surface area contributed by atoms with Crippen LogP contribution in [-0.2, 0) is 25.6 Å². The molecule has 10 aromatic rings. The van der Waals surface area contributed by atoms with Crippen LogP contribution in [0.25, 0.3) is 85.9 Å². The second kappa shape index (κ2) is 26.1. The van der Waals surface area contributed by atoms with Crippen molar-refractivity contribution in [1.29, 1.82) is 0 Å². The molecule has 12 rings (SSSR count). The molecule has 18 nitrogen and oxygen atoms in total. The largest absolute Gasteiger partial charge is 0.485 e. The van der Waals surface area contributed by atoms with Crippen molar-refractivity contribution >= 4 is 71.2 Å². The molecule has 83 heavy (non-hydrogen) atoms. The van der Waals surface area contributed by atoms with Gasteiger partial charge >= 0.3 is 0 Å². The standard InChI is InChI=1S/C33H29N3O6S2.C28H19N3O6S2/c1-2-3-4-5-6-29-31-32(40-14-13-39-31)33(44-29)30-8-7-28(43-30)21-9-11-34-24(15-21)26-17-23(42-20-38)18-27(36-26)25-16-22(41-19-37)10-12-35-25;1-16-2-3-24(38-16)28-26-25(34-8-9-35-26)27(39-28)17-4-6-29-20(10-17)22-12-19(37-15-33)13-23(31-22)21-11-18(36-14-32)5-7-30-21/h7-12,15-20H,2-6,13-14H2,1H3;2-7,10-15H,8-9H2,1H3. The highest BCUT2D eigenvalue weighted by Crippen LogP contribution is 2.55. The van der Waals surface area contributed by atoms with Crippen LogP contribution in [-0.4, -0.2) is 82.2 Å². The third-order valence-corrected chi connectivity index (χ3v) is 17.7. The van der Waals surface area contributed by atoms with E-state index in [-0.39, 0.29) is 11.5 Å². The molecule has 22 heteroatoms. The maximum atomic E-state index is 11.2. The van der Waals surface area contributed by atoms with Crippen LogP contribution in [0.15, 0.2) is 122 Å². The molecule has 0 spiro atoms. The number of ether oxygens (including phenoxy) is 8. The van der Waals surface area contributed by atoms with Crippen LogP contribution in [0.3, 0.4) is 0 Å². The van der Waals surface area contributed by atoms with E-state index in [1.165, 1.54) is 41.4 Å². The Morgan fingerprint density at radius 2 is 0.855 bits per heavy atom. The molecule has 0 saturated carbocycles. The number of fused-ring (bicyclic) bond motifs is 2. The highest BCUT2D eigenvalue weighted by Gasteiger charge is 2.29. The number of hydrogen-bond donors (Lipinski definition) is 0. The summed E-state index contributed by atoms with van der Waals surface area (Å²) in [4.78, 5) is 80.0. The van der Waals surface area contributed by atoms with Crippen molar-refractivity contribution in [3.05, 3.63) is 132 Å². The molecule has 2 aliphatic heterocycles. The van der Waals surface area contributed by atoms with E-state index in [0.717, 1.165) is 70.5 Å². The second-order valence-corrected chi connectivity index (χ2v) is 22.8. The molecule has 418 valence electrons. The normalized spacial score (nSPS) is 12.1. The molecule has 0 radical (unpaired) electrons. The average Bonchev–Trinajstić information content (AvgIpc) is 4.51. The number of nitrogens with zero attached hydrogens (tertiary/aromatic N) is 6. The Labute approximate surface area is 491 Å². The molecule has 10 aromatic heterocycles. The zero-order valence-corrected chi connectivity index (χ0v) is 47.7. The lowest BCUT2D eigenvalue weighted by Gasteiger charge is -2.17. The first-order chi connectivity index (χ1) is 40.8. The quantitative estimate of drug-likeness (QED) is 0.0482. The topological polar surface area (TPSA) is 219 Å². The Bertz CT molecular complexity index is 3990. The Hall–Kier alpha value is -9.22. The van der Waals surface area contributed by atoms with Gasteiger partial charge in [0.15, 0.2) is 23.0 Å². The van der Waals surface area contributed by atoms with Crippen molar-refractivity contribution < 1.29 is 57.1 Å². The van der Waals surface area contributed by atoms with Crippen molar-refractivity contribution in [2.24, 2.45) is 0 Å². The fourth-order valence-corrected chi connectivity index (χ4v) is 13.6. The molecule has 0 aliphatic carbocycles. The SMILES string of the molecule is CCCCCCc1sc(-c2ccc(-c3ccnc(-c4cc(OC=O)cc(-c5cc(OC=O)ccn5)n4)c3)s2)c2c1OCCO2.Cc1ccc(-c2sc(-c3ccnc(-c4cc(OC=O)cc(-c5cc(OC=O)ccn5)n4)c3)c3c2OCCO3)s1. The summed E-state index contributed by atoms with van der Waals surface area (Å²) in [5.74, 6) is 4.41. The van der Waals surface area contributed by atoms with Gasteiger partial charge in [-0.15, -0.1) is 45.3 Å². The maximum Gasteiger partial charge on any atom is 0.298 e. The van der Waals surface area contributed by atoms with Gasteiger partial charge < -0.3 is 37.9 Å². The van der Waals surface area contributed by atoms with Crippen LogP contribution in [0.4, 0.5) is 0 Å². The summed E-state index contributed by atoms with van der Waals surface area (Å²) < 4.78 is 44.5. The number of rotatable bonds is 21. The Kier molecular flexibility index (Phi) is 17.5. The summed E-state index contributed by atoms with van der Waals surface area (Å²) in [6.45, 7) is 7.75. The number of aryl methyl sites for hydroxylation is 2. The number of unbranched alkanes of at least 4 members (excludes halogenated alkanes) is 3. The fraction of sp³-hybridized carbons (Fsp3) is 0.180. The van der Waals surface area contributed by atoms with Gasteiger partial charge in [0.2, 0.25) is 0 Å². The van der Waals surface area contributed by atoms with Crippen LogP contribution in [0, 0.1) is 6.92 Å². The van der Waals surface area contributed by atoms with Crippen molar-refractivity contribution in [3.8, 4) is 132 Å². The highest BCUT2D eigenvalue weighted by atomic mass is 32.1. The lowest BCUT2D eigenvalue weighted by Crippen LogP contribution is -2.15. The summed E-state index contributed by atoms with van der Waals surface area (Å²) in [5.41, 5.74) is 5.67. The smallest absolute Gasteiger partial charge is 0.298 e. The number of carbonyl (C=O) groups is 4. The predicted octanol–water partition coefficient (Wildman–Crippen LogP) is 13.4. The molecule has 0 amide bonds. The molecule has 0 saturated heterocycles. The third-order valence-electron chi connectivity index (χ3n) is 12.8. The van der Waals surface area contributed by atoms with Crippen molar-refractivity contribution in [2.45, 2.75) is 46.0 Å². The van der Waals surface area contributed by atoms with Gasteiger partial charge in [-0.25, -0.2) is 9.97 Å². The molecule has 0 fully saturated rings. The number of aromatic nitrogens is 6. The van der Waals surface area contributed by atoms with Crippen molar-refractivity contribution in [1.82, 2.24) is 29.9 Å². The maximum absolute atomic E-state index is 11.2.